The Morgan fingerprint density at radius 2 is 1.84 bits per heavy atom. The minimum absolute atomic E-state index is 0.301. The van der Waals surface area contributed by atoms with Crippen LogP contribution >= 0.6 is 0 Å². The standard InChI is InChI=1S/C16H19N3O5S/c1-10-14(9-17-19(10)3)16(21)24-11(2)15(20)12-5-7-13(8-6-12)18-25(4,22)23/h5-9,11,18H,1-4H3. The molecule has 1 aromatic heterocycles. The van der Waals surface area contributed by atoms with Crippen molar-refractivity contribution in [3.05, 3.63) is 47.3 Å². The normalized spacial score (nSPS) is 12.5. The van der Waals surface area contributed by atoms with Gasteiger partial charge in [0, 0.05) is 24.0 Å². The molecule has 134 valence electrons. The van der Waals surface area contributed by atoms with Crippen molar-refractivity contribution in [1.82, 2.24) is 9.78 Å². The number of aromatic nitrogens is 2. The molecule has 1 N–H and O–H groups in total. The molecule has 25 heavy (non-hydrogen) atoms. The summed E-state index contributed by atoms with van der Waals surface area (Å²) < 4.78 is 31.4. The van der Waals surface area contributed by atoms with Crippen LogP contribution in [0.5, 0.6) is 0 Å². The zero-order valence-electron chi connectivity index (χ0n) is 14.3. The van der Waals surface area contributed by atoms with E-state index in [1.54, 1.807) is 14.0 Å². The number of ether oxygens (including phenoxy) is 1. The second kappa shape index (κ2) is 7.06. The van der Waals surface area contributed by atoms with Gasteiger partial charge in [-0.2, -0.15) is 5.10 Å². The lowest BCUT2D eigenvalue weighted by Gasteiger charge is -2.12. The van der Waals surface area contributed by atoms with Crippen LogP contribution in [0.3, 0.4) is 0 Å². The molecule has 0 aliphatic heterocycles. The van der Waals surface area contributed by atoms with Crippen LogP contribution < -0.4 is 4.72 Å². The predicted octanol–water partition coefficient (Wildman–Crippen LogP) is 1.53. The summed E-state index contributed by atoms with van der Waals surface area (Å²) in [5.74, 6) is -1.01. The Balaban J connectivity index is 2.07. The Morgan fingerprint density at radius 1 is 1.24 bits per heavy atom. The van der Waals surface area contributed by atoms with E-state index in [9.17, 15) is 18.0 Å². The SMILES string of the molecule is Cc1c(C(=O)OC(C)C(=O)c2ccc(NS(C)(=O)=O)cc2)cnn1C. The van der Waals surface area contributed by atoms with Gasteiger partial charge in [0.25, 0.3) is 0 Å². The summed E-state index contributed by atoms with van der Waals surface area (Å²) in [6.45, 7) is 3.21. The molecule has 0 radical (unpaired) electrons. The van der Waals surface area contributed by atoms with Gasteiger partial charge in [-0.3, -0.25) is 14.2 Å². The van der Waals surface area contributed by atoms with Crippen molar-refractivity contribution < 1.29 is 22.7 Å². The summed E-state index contributed by atoms with van der Waals surface area (Å²) in [4.78, 5) is 24.5. The average molecular weight is 365 g/mol. The van der Waals surface area contributed by atoms with Crippen molar-refractivity contribution in [2.75, 3.05) is 11.0 Å². The van der Waals surface area contributed by atoms with Gasteiger partial charge in [-0.05, 0) is 38.1 Å². The molecule has 2 rings (SSSR count). The fourth-order valence-electron chi connectivity index (χ4n) is 2.13. The van der Waals surface area contributed by atoms with E-state index in [4.69, 9.17) is 4.74 Å². The highest BCUT2D eigenvalue weighted by Crippen LogP contribution is 2.15. The minimum atomic E-state index is -3.39. The number of carbonyl (C=O) groups is 2. The van der Waals surface area contributed by atoms with Crippen LogP contribution in [0.4, 0.5) is 5.69 Å². The van der Waals surface area contributed by atoms with E-state index in [1.807, 2.05) is 0 Å². The Hall–Kier alpha value is -2.68. The minimum Gasteiger partial charge on any atom is -0.451 e. The zero-order chi connectivity index (χ0) is 18.8. The maximum Gasteiger partial charge on any atom is 0.342 e. The van der Waals surface area contributed by atoms with Crippen molar-refractivity contribution in [2.24, 2.45) is 7.05 Å². The van der Waals surface area contributed by atoms with E-state index in [2.05, 4.69) is 9.82 Å². The zero-order valence-corrected chi connectivity index (χ0v) is 15.1. The van der Waals surface area contributed by atoms with Crippen LogP contribution in [0.15, 0.2) is 30.5 Å². The summed E-state index contributed by atoms with van der Waals surface area (Å²) >= 11 is 0. The molecule has 0 saturated heterocycles. The van der Waals surface area contributed by atoms with E-state index >= 15 is 0 Å². The molecule has 1 unspecified atom stereocenters. The molecular formula is C16H19N3O5S. The van der Waals surface area contributed by atoms with Crippen LogP contribution in [0.25, 0.3) is 0 Å². The fraction of sp³-hybridized carbons (Fsp3) is 0.312. The topological polar surface area (TPSA) is 107 Å². The first-order chi connectivity index (χ1) is 11.6. The van der Waals surface area contributed by atoms with Crippen molar-refractivity contribution in [1.29, 1.82) is 0 Å². The largest absolute Gasteiger partial charge is 0.451 e. The third kappa shape index (κ3) is 4.66. The van der Waals surface area contributed by atoms with Crippen LogP contribution in [0.2, 0.25) is 0 Å². The highest BCUT2D eigenvalue weighted by molar-refractivity contribution is 7.92. The van der Waals surface area contributed by atoms with E-state index < -0.39 is 22.1 Å². The summed E-state index contributed by atoms with van der Waals surface area (Å²) in [5, 5.41) is 3.96. The lowest BCUT2D eigenvalue weighted by atomic mass is 10.1. The van der Waals surface area contributed by atoms with E-state index in [0.717, 1.165) is 6.26 Å². The van der Waals surface area contributed by atoms with Gasteiger partial charge in [0.05, 0.1) is 12.5 Å². The lowest BCUT2D eigenvalue weighted by molar-refractivity contribution is 0.0318. The lowest BCUT2D eigenvalue weighted by Crippen LogP contribution is -2.24. The molecular weight excluding hydrogens is 346 g/mol. The molecule has 0 fully saturated rings. The first-order valence-corrected chi connectivity index (χ1v) is 9.29. The number of benzene rings is 1. The summed E-state index contributed by atoms with van der Waals surface area (Å²) in [7, 11) is -1.69. The Morgan fingerprint density at radius 3 is 2.32 bits per heavy atom. The Labute approximate surface area is 145 Å². The van der Waals surface area contributed by atoms with Crippen molar-refractivity contribution in [2.45, 2.75) is 20.0 Å². The highest BCUT2D eigenvalue weighted by atomic mass is 32.2. The van der Waals surface area contributed by atoms with Gasteiger partial charge in [0.2, 0.25) is 15.8 Å². The second-order valence-electron chi connectivity index (χ2n) is 5.63. The van der Waals surface area contributed by atoms with Crippen LogP contribution in [-0.4, -0.2) is 42.3 Å². The van der Waals surface area contributed by atoms with Gasteiger partial charge in [-0.1, -0.05) is 0 Å². The van der Waals surface area contributed by atoms with Gasteiger partial charge in [0.1, 0.15) is 5.56 Å². The van der Waals surface area contributed by atoms with Gasteiger partial charge in [0.15, 0.2) is 6.10 Å². The molecule has 0 spiro atoms. The average Bonchev–Trinajstić information content (AvgIpc) is 2.85. The van der Waals surface area contributed by atoms with Gasteiger partial charge < -0.3 is 4.74 Å². The van der Waals surface area contributed by atoms with Crippen LogP contribution in [-0.2, 0) is 21.8 Å². The molecule has 0 aliphatic rings. The van der Waals surface area contributed by atoms with Crippen molar-refractivity contribution >= 4 is 27.5 Å². The molecule has 8 nitrogen and oxygen atoms in total. The van der Waals surface area contributed by atoms with Crippen molar-refractivity contribution in [3.8, 4) is 0 Å². The van der Waals surface area contributed by atoms with E-state index in [1.165, 1.54) is 42.1 Å². The van der Waals surface area contributed by atoms with Gasteiger partial charge in [-0.25, -0.2) is 13.2 Å². The number of Topliss-reactive ketones (excluding diaryl/α,β-unsaturated/α-hetero) is 1. The number of sulfonamides is 1. The first kappa shape index (κ1) is 18.7. The quantitative estimate of drug-likeness (QED) is 0.614. The number of carbonyl (C=O) groups excluding carboxylic acids is 2. The molecule has 0 aliphatic carbocycles. The molecule has 0 amide bonds. The van der Waals surface area contributed by atoms with E-state index in [0.29, 0.717) is 22.5 Å². The van der Waals surface area contributed by atoms with E-state index in [-0.39, 0.29) is 5.78 Å². The first-order valence-electron chi connectivity index (χ1n) is 7.40. The second-order valence-corrected chi connectivity index (χ2v) is 7.38. The number of anilines is 1. The van der Waals surface area contributed by atoms with Crippen molar-refractivity contribution in [3.63, 3.8) is 0 Å². The fourth-order valence-corrected chi connectivity index (χ4v) is 2.69. The number of hydrogen-bond acceptors (Lipinski definition) is 6. The third-order valence-electron chi connectivity index (χ3n) is 3.58. The number of esters is 1. The smallest absolute Gasteiger partial charge is 0.342 e. The molecule has 9 heteroatoms. The molecule has 0 saturated carbocycles. The maximum atomic E-state index is 12.4. The molecule has 1 aromatic carbocycles. The third-order valence-corrected chi connectivity index (χ3v) is 4.19. The predicted molar refractivity (Wildman–Crippen MR) is 92.1 cm³/mol. The number of rotatable bonds is 6. The Kier molecular flexibility index (Phi) is 5.27. The van der Waals surface area contributed by atoms with Gasteiger partial charge >= 0.3 is 5.97 Å². The summed E-state index contributed by atoms with van der Waals surface area (Å²) in [5.41, 5.74) is 1.59. The van der Waals surface area contributed by atoms with Crippen LogP contribution in [0, 0.1) is 6.92 Å². The summed E-state index contributed by atoms with van der Waals surface area (Å²) in [6, 6.07) is 5.87. The molecule has 1 atom stereocenters. The van der Waals surface area contributed by atoms with Gasteiger partial charge in [-0.15, -0.1) is 0 Å². The van der Waals surface area contributed by atoms with Crippen LogP contribution in [0.1, 0.15) is 33.3 Å². The molecule has 2 aromatic rings. The Bertz CT molecular complexity index is 900. The number of hydrogen-bond donors (Lipinski definition) is 1. The highest BCUT2D eigenvalue weighted by Gasteiger charge is 2.22. The molecule has 1 heterocycles. The summed E-state index contributed by atoms with van der Waals surface area (Å²) in [6.07, 6.45) is 1.44. The number of ketones is 1. The molecule has 0 bridgehead atoms. The number of aryl methyl sites for hydroxylation is 1. The number of nitrogens with zero attached hydrogens (tertiary/aromatic N) is 2. The maximum absolute atomic E-state index is 12.4. The monoisotopic (exact) mass is 365 g/mol. The number of nitrogens with one attached hydrogen (secondary N) is 1.